The van der Waals surface area contributed by atoms with Gasteiger partial charge in [-0.05, 0) is 36.6 Å². The molecule has 0 bridgehead atoms. The van der Waals surface area contributed by atoms with Crippen molar-refractivity contribution in [1.29, 1.82) is 0 Å². The second-order valence-electron chi connectivity index (χ2n) is 6.65. The summed E-state index contributed by atoms with van der Waals surface area (Å²) in [6.45, 7) is -0.193. The highest BCUT2D eigenvalue weighted by Gasteiger charge is 2.50. The second-order valence-corrected chi connectivity index (χ2v) is 6.65. The van der Waals surface area contributed by atoms with E-state index < -0.39 is 35.0 Å². The molecule has 8 heteroatoms. The van der Waals surface area contributed by atoms with Crippen LogP contribution in [-0.4, -0.2) is 51.2 Å². The van der Waals surface area contributed by atoms with E-state index in [1.54, 1.807) is 0 Å². The fourth-order valence-electron chi connectivity index (χ4n) is 3.40. The Hall–Kier alpha value is -2.87. The Morgan fingerprint density at radius 2 is 1.93 bits per heavy atom. The smallest absolute Gasteiger partial charge is 0.314 e. The minimum Gasteiger partial charge on any atom is -0.481 e. The molecule has 1 fully saturated rings. The average molecular weight is 376 g/mol. The molecule has 1 aromatic carbocycles. The lowest BCUT2D eigenvalue weighted by atomic mass is 9.72. The summed E-state index contributed by atoms with van der Waals surface area (Å²) in [6.07, 6.45) is 0.928. The van der Waals surface area contributed by atoms with E-state index in [0.29, 0.717) is 5.56 Å². The number of amides is 1. The number of rotatable bonds is 4. The van der Waals surface area contributed by atoms with Crippen molar-refractivity contribution in [3.8, 4) is 0 Å². The number of pyridine rings is 1. The molecule has 0 saturated carbocycles. The van der Waals surface area contributed by atoms with Gasteiger partial charge in [0.05, 0.1) is 17.9 Å². The first kappa shape index (κ1) is 18.9. The van der Waals surface area contributed by atoms with E-state index in [1.807, 2.05) is 0 Å². The van der Waals surface area contributed by atoms with Crippen molar-refractivity contribution >= 4 is 11.9 Å². The van der Waals surface area contributed by atoms with Gasteiger partial charge in [0, 0.05) is 19.3 Å². The van der Waals surface area contributed by atoms with Crippen molar-refractivity contribution in [2.24, 2.45) is 5.41 Å². The van der Waals surface area contributed by atoms with Gasteiger partial charge >= 0.3 is 5.97 Å². The predicted molar refractivity (Wildman–Crippen MR) is 90.9 cm³/mol. The van der Waals surface area contributed by atoms with Crippen LogP contribution in [0.15, 0.2) is 42.7 Å². The molecule has 2 N–H and O–H groups in total. The van der Waals surface area contributed by atoms with Gasteiger partial charge in [0.1, 0.15) is 11.2 Å². The highest BCUT2D eigenvalue weighted by Crippen LogP contribution is 2.35. The van der Waals surface area contributed by atoms with Crippen LogP contribution in [-0.2, 0) is 11.2 Å². The fraction of sp³-hybridized carbons (Fsp3) is 0.316. The molecule has 0 unspecified atom stereocenters. The third-order valence-electron chi connectivity index (χ3n) is 4.93. The van der Waals surface area contributed by atoms with Crippen molar-refractivity contribution in [2.45, 2.75) is 18.9 Å². The molecule has 1 aromatic heterocycles. The van der Waals surface area contributed by atoms with Gasteiger partial charge in [-0.15, -0.1) is 0 Å². The molecule has 27 heavy (non-hydrogen) atoms. The summed E-state index contributed by atoms with van der Waals surface area (Å²) < 4.78 is 27.0. The lowest BCUT2D eigenvalue weighted by Gasteiger charge is -2.43. The van der Waals surface area contributed by atoms with Gasteiger partial charge in [0.2, 0.25) is 0 Å². The Labute approximate surface area is 154 Å². The molecule has 1 aliphatic rings. The number of nitrogens with zero attached hydrogens (tertiary/aromatic N) is 2. The molecule has 2 atom stereocenters. The first-order valence-electron chi connectivity index (χ1n) is 8.38. The molecular weight excluding hydrogens is 358 g/mol. The van der Waals surface area contributed by atoms with Gasteiger partial charge in [-0.25, -0.2) is 8.78 Å². The normalized spacial score (nSPS) is 22.5. The minimum absolute atomic E-state index is 0.0337. The van der Waals surface area contributed by atoms with Crippen molar-refractivity contribution in [3.05, 3.63) is 65.5 Å². The molecule has 0 spiro atoms. The van der Waals surface area contributed by atoms with Crippen molar-refractivity contribution in [2.75, 3.05) is 13.1 Å². The van der Waals surface area contributed by atoms with Crippen molar-refractivity contribution in [3.63, 3.8) is 0 Å². The number of piperidine rings is 1. The highest BCUT2D eigenvalue weighted by atomic mass is 19.1. The number of benzene rings is 1. The van der Waals surface area contributed by atoms with E-state index in [1.165, 1.54) is 41.4 Å². The van der Waals surface area contributed by atoms with Crippen LogP contribution in [0.1, 0.15) is 22.3 Å². The summed E-state index contributed by atoms with van der Waals surface area (Å²) >= 11 is 0. The number of hydrogen-bond acceptors (Lipinski definition) is 4. The summed E-state index contributed by atoms with van der Waals surface area (Å²) in [5.74, 6) is -3.19. The van der Waals surface area contributed by atoms with Gasteiger partial charge in [-0.1, -0.05) is 12.1 Å². The number of halogens is 2. The Kier molecular flexibility index (Phi) is 5.18. The first-order chi connectivity index (χ1) is 12.8. The summed E-state index contributed by atoms with van der Waals surface area (Å²) in [5, 5.41) is 20.3. The van der Waals surface area contributed by atoms with Crippen LogP contribution in [0.5, 0.6) is 0 Å². The molecule has 1 saturated heterocycles. The van der Waals surface area contributed by atoms with Crippen LogP contribution in [0.3, 0.4) is 0 Å². The first-order valence-corrected chi connectivity index (χ1v) is 8.38. The lowest BCUT2D eigenvalue weighted by molar-refractivity contribution is -0.161. The minimum atomic E-state index is -1.67. The van der Waals surface area contributed by atoms with Crippen LogP contribution < -0.4 is 0 Å². The SMILES string of the molecule is O=C(c1ccncc1F)N1CC[C@@H](O)[C@](Cc2ccc(F)cc2)(C(=O)O)C1. The Morgan fingerprint density at radius 1 is 1.22 bits per heavy atom. The zero-order valence-corrected chi connectivity index (χ0v) is 14.3. The number of hydrogen-bond donors (Lipinski definition) is 2. The summed E-state index contributed by atoms with van der Waals surface area (Å²) in [7, 11) is 0. The van der Waals surface area contributed by atoms with E-state index in [4.69, 9.17) is 0 Å². The van der Waals surface area contributed by atoms with E-state index in [9.17, 15) is 28.6 Å². The number of carbonyl (C=O) groups is 2. The summed E-state index contributed by atoms with van der Waals surface area (Å²) in [5.41, 5.74) is -1.36. The van der Waals surface area contributed by atoms with Crippen LogP contribution >= 0.6 is 0 Å². The number of aromatic nitrogens is 1. The van der Waals surface area contributed by atoms with Gasteiger partial charge in [-0.2, -0.15) is 0 Å². The van der Waals surface area contributed by atoms with Gasteiger partial charge < -0.3 is 15.1 Å². The molecular formula is C19H18F2N2O4. The average Bonchev–Trinajstić information content (AvgIpc) is 2.65. The van der Waals surface area contributed by atoms with Crippen molar-refractivity contribution in [1.82, 2.24) is 9.88 Å². The fourth-order valence-corrected chi connectivity index (χ4v) is 3.40. The quantitative estimate of drug-likeness (QED) is 0.850. The Balaban J connectivity index is 1.91. The predicted octanol–water partition coefficient (Wildman–Crippen LogP) is 1.88. The zero-order valence-electron chi connectivity index (χ0n) is 14.3. The summed E-state index contributed by atoms with van der Waals surface area (Å²) in [4.78, 5) is 29.6. The molecule has 3 rings (SSSR count). The number of carboxylic acid groups (broad SMARTS) is 1. The number of aliphatic hydroxyl groups excluding tert-OH is 1. The third kappa shape index (κ3) is 3.66. The number of carbonyl (C=O) groups excluding carboxylic acids is 1. The molecule has 2 heterocycles. The second kappa shape index (κ2) is 7.40. The maximum atomic E-state index is 13.9. The van der Waals surface area contributed by atoms with Gasteiger partial charge in [0.15, 0.2) is 5.82 Å². The lowest BCUT2D eigenvalue weighted by Crippen LogP contribution is -2.58. The third-order valence-corrected chi connectivity index (χ3v) is 4.93. The molecule has 0 aliphatic carbocycles. The molecule has 0 radical (unpaired) electrons. The highest BCUT2D eigenvalue weighted by molar-refractivity contribution is 5.95. The maximum Gasteiger partial charge on any atom is 0.314 e. The number of carboxylic acids is 1. The molecule has 2 aromatic rings. The Morgan fingerprint density at radius 3 is 2.56 bits per heavy atom. The van der Waals surface area contributed by atoms with E-state index >= 15 is 0 Å². The van der Waals surface area contributed by atoms with E-state index in [-0.39, 0.29) is 31.5 Å². The number of aliphatic hydroxyl groups is 1. The maximum absolute atomic E-state index is 13.9. The van der Waals surface area contributed by atoms with Gasteiger partial charge in [0.25, 0.3) is 5.91 Å². The number of aliphatic carboxylic acids is 1. The van der Waals surface area contributed by atoms with Crippen LogP contribution in [0.4, 0.5) is 8.78 Å². The Bertz CT molecular complexity index is 859. The van der Waals surface area contributed by atoms with E-state index in [0.717, 1.165) is 6.20 Å². The largest absolute Gasteiger partial charge is 0.481 e. The zero-order chi connectivity index (χ0) is 19.6. The van der Waals surface area contributed by atoms with Crippen LogP contribution in [0.25, 0.3) is 0 Å². The summed E-state index contributed by atoms with van der Waals surface area (Å²) in [6, 6.07) is 6.52. The molecule has 142 valence electrons. The van der Waals surface area contributed by atoms with Crippen LogP contribution in [0.2, 0.25) is 0 Å². The number of likely N-dealkylation sites (tertiary alicyclic amines) is 1. The van der Waals surface area contributed by atoms with E-state index in [2.05, 4.69) is 4.98 Å². The molecule has 1 amide bonds. The van der Waals surface area contributed by atoms with Gasteiger partial charge in [-0.3, -0.25) is 14.6 Å². The van der Waals surface area contributed by atoms with Crippen molar-refractivity contribution < 1.29 is 28.6 Å². The molecule has 6 nitrogen and oxygen atoms in total. The van der Waals surface area contributed by atoms with Crippen LogP contribution in [0, 0.1) is 17.0 Å². The monoisotopic (exact) mass is 376 g/mol. The molecule has 1 aliphatic heterocycles. The standard InChI is InChI=1S/C19H18F2N2O4/c20-13-3-1-12(2-4-13)9-19(18(26)27)11-23(8-6-16(19)24)17(25)14-5-7-22-10-15(14)21/h1-5,7,10,16,24H,6,8-9,11H2,(H,26,27)/t16-,19-/m1/s1. The topological polar surface area (TPSA) is 90.7 Å².